The molecular formula is C12H12N2O2. The molecule has 0 aliphatic carbocycles. The number of nitrogens with zero attached hydrogens (tertiary/aromatic N) is 2. The third-order valence-corrected chi connectivity index (χ3v) is 1.65. The number of esters is 1. The van der Waals surface area contributed by atoms with Crippen molar-refractivity contribution in [2.75, 3.05) is 7.11 Å². The molecule has 2 heterocycles. The molecule has 0 spiro atoms. The van der Waals surface area contributed by atoms with Gasteiger partial charge in [0.05, 0.1) is 12.7 Å². The molecule has 2 rings (SSSR count). The summed E-state index contributed by atoms with van der Waals surface area (Å²) < 4.78 is 4.46. The van der Waals surface area contributed by atoms with Gasteiger partial charge >= 0.3 is 5.97 Å². The maximum absolute atomic E-state index is 10.8. The van der Waals surface area contributed by atoms with Crippen molar-refractivity contribution in [2.24, 2.45) is 0 Å². The lowest BCUT2D eigenvalue weighted by atomic mass is 10.3. The highest BCUT2D eigenvalue weighted by Gasteiger charge is 2.01. The van der Waals surface area contributed by atoms with E-state index in [0.29, 0.717) is 5.56 Å². The maximum Gasteiger partial charge on any atom is 0.339 e. The van der Waals surface area contributed by atoms with E-state index in [0.717, 1.165) is 0 Å². The van der Waals surface area contributed by atoms with E-state index in [4.69, 9.17) is 0 Å². The van der Waals surface area contributed by atoms with Crippen molar-refractivity contribution >= 4 is 5.97 Å². The fourth-order valence-electron chi connectivity index (χ4n) is 0.914. The SMILES string of the molecule is COC(=O)c1cccnc1.c1ccncc1. The molecule has 0 atom stereocenters. The van der Waals surface area contributed by atoms with Crippen molar-refractivity contribution in [2.45, 2.75) is 0 Å². The van der Waals surface area contributed by atoms with Crippen molar-refractivity contribution in [3.63, 3.8) is 0 Å². The average Bonchev–Trinajstić information content (AvgIpc) is 2.41. The third-order valence-electron chi connectivity index (χ3n) is 1.65. The van der Waals surface area contributed by atoms with E-state index < -0.39 is 0 Å². The second-order valence-electron chi connectivity index (χ2n) is 2.76. The minimum Gasteiger partial charge on any atom is -0.465 e. The number of rotatable bonds is 1. The van der Waals surface area contributed by atoms with Gasteiger partial charge in [-0.3, -0.25) is 9.97 Å². The Bertz CT molecular complexity index is 377. The largest absolute Gasteiger partial charge is 0.465 e. The summed E-state index contributed by atoms with van der Waals surface area (Å²) in [5, 5.41) is 0. The molecule has 4 heteroatoms. The van der Waals surface area contributed by atoms with Crippen LogP contribution in [0.15, 0.2) is 55.1 Å². The van der Waals surface area contributed by atoms with Crippen LogP contribution >= 0.6 is 0 Å². The topological polar surface area (TPSA) is 52.1 Å². The van der Waals surface area contributed by atoms with Gasteiger partial charge in [0.1, 0.15) is 0 Å². The predicted molar refractivity (Wildman–Crippen MR) is 59.8 cm³/mol. The predicted octanol–water partition coefficient (Wildman–Crippen LogP) is 1.95. The number of carbonyl (C=O) groups excluding carboxylic acids is 1. The Labute approximate surface area is 93.9 Å². The monoisotopic (exact) mass is 216 g/mol. The second kappa shape index (κ2) is 7.11. The lowest BCUT2D eigenvalue weighted by molar-refractivity contribution is 0.0600. The molecule has 0 aliphatic heterocycles. The van der Waals surface area contributed by atoms with E-state index >= 15 is 0 Å². The molecule has 4 nitrogen and oxygen atoms in total. The van der Waals surface area contributed by atoms with Gasteiger partial charge in [0.2, 0.25) is 0 Å². The van der Waals surface area contributed by atoms with E-state index in [-0.39, 0.29) is 5.97 Å². The van der Waals surface area contributed by atoms with Crippen LogP contribution in [0.5, 0.6) is 0 Å². The molecule has 16 heavy (non-hydrogen) atoms. The van der Waals surface area contributed by atoms with Gasteiger partial charge < -0.3 is 4.74 Å². The Morgan fingerprint density at radius 2 is 1.75 bits per heavy atom. The lowest BCUT2D eigenvalue weighted by Crippen LogP contribution is -2.00. The normalized spacial score (nSPS) is 8.56. The summed E-state index contributed by atoms with van der Waals surface area (Å²) in [5.41, 5.74) is 0.477. The van der Waals surface area contributed by atoms with Gasteiger partial charge in [-0.15, -0.1) is 0 Å². The smallest absolute Gasteiger partial charge is 0.339 e. The molecule has 0 amide bonds. The highest BCUT2D eigenvalue weighted by atomic mass is 16.5. The fraction of sp³-hybridized carbons (Fsp3) is 0.0833. The summed E-state index contributed by atoms with van der Waals surface area (Å²) in [6.07, 6.45) is 6.57. The number of pyridine rings is 2. The molecule has 0 radical (unpaired) electrons. The van der Waals surface area contributed by atoms with Crippen LogP contribution in [0.25, 0.3) is 0 Å². The van der Waals surface area contributed by atoms with Crippen LogP contribution in [0.3, 0.4) is 0 Å². The molecule has 0 N–H and O–H groups in total. The van der Waals surface area contributed by atoms with Crippen LogP contribution in [-0.4, -0.2) is 23.0 Å². The van der Waals surface area contributed by atoms with Gasteiger partial charge in [-0.1, -0.05) is 6.07 Å². The van der Waals surface area contributed by atoms with Crippen LogP contribution in [-0.2, 0) is 4.74 Å². The van der Waals surface area contributed by atoms with E-state index in [1.165, 1.54) is 13.3 Å². The Kier molecular flexibility index (Phi) is 5.27. The Balaban J connectivity index is 0.000000181. The minimum absolute atomic E-state index is 0.354. The summed E-state index contributed by atoms with van der Waals surface area (Å²) in [6, 6.07) is 9.05. The lowest BCUT2D eigenvalue weighted by Gasteiger charge is -1.94. The third kappa shape index (κ3) is 4.32. The first-order valence-electron chi connectivity index (χ1n) is 4.68. The van der Waals surface area contributed by atoms with Crippen LogP contribution in [0.2, 0.25) is 0 Å². The first-order chi connectivity index (χ1) is 7.84. The summed E-state index contributed by atoms with van der Waals surface area (Å²) in [6.45, 7) is 0. The zero-order chi connectivity index (χ0) is 11.6. The summed E-state index contributed by atoms with van der Waals surface area (Å²) >= 11 is 0. The molecule has 0 saturated heterocycles. The van der Waals surface area contributed by atoms with Crippen LogP contribution in [0, 0.1) is 0 Å². The van der Waals surface area contributed by atoms with Crippen molar-refractivity contribution < 1.29 is 9.53 Å². The Morgan fingerprint density at radius 3 is 2.12 bits per heavy atom. The number of hydrogen-bond acceptors (Lipinski definition) is 4. The number of methoxy groups -OCH3 is 1. The van der Waals surface area contributed by atoms with Crippen LogP contribution < -0.4 is 0 Å². The van der Waals surface area contributed by atoms with Gasteiger partial charge in [-0.05, 0) is 24.3 Å². The molecule has 0 aromatic carbocycles. The highest BCUT2D eigenvalue weighted by molar-refractivity contribution is 5.88. The van der Waals surface area contributed by atoms with Gasteiger partial charge in [0.15, 0.2) is 0 Å². The van der Waals surface area contributed by atoms with Gasteiger partial charge in [-0.25, -0.2) is 4.79 Å². The molecule has 0 saturated carbocycles. The van der Waals surface area contributed by atoms with Crippen molar-refractivity contribution in [1.82, 2.24) is 9.97 Å². The van der Waals surface area contributed by atoms with Crippen molar-refractivity contribution in [1.29, 1.82) is 0 Å². The zero-order valence-electron chi connectivity index (χ0n) is 8.91. The van der Waals surface area contributed by atoms with Crippen molar-refractivity contribution in [3.05, 3.63) is 60.7 Å². The van der Waals surface area contributed by atoms with E-state index in [1.807, 2.05) is 18.2 Å². The summed E-state index contributed by atoms with van der Waals surface area (Å²) in [5.74, 6) is -0.354. The fourth-order valence-corrected chi connectivity index (χ4v) is 0.914. The standard InChI is InChI=1S/C7H7NO2.C5H5N/c1-10-7(9)6-3-2-4-8-5-6;1-2-4-6-5-3-1/h2-5H,1H3;1-5H. The number of ether oxygens (including phenoxy) is 1. The molecule has 0 bridgehead atoms. The molecule has 2 aromatic rings. The van der Waals surface area contributed by atoms with E-state index in [9.17, 15) is 4.79 Å². The summed E-state index contributed by atoms with van der Waals surface area (Å²) in [7, 11) is 1.34. The van der Waals surface area contributed by atoms with Gasteiger partial charge in [0.25, 0.3) is 0 Å². The Hall–Kier alpha value is -2.23. The summed E-state index contributed by atoms with van der Waals surface area (Å²) in [4.78, 5) is 18.3. The maximum atomic E-state index is 10.8. The highest BCUT2D eigenvalue weighted by Crippen LogP contribution is 1.96. The molecule has 82 valence electrons. The van der Waals surface area contributed by atoms with Crippen molar-refractivity contribution in [3.8, 4) is 0 Å². The zero-order valence-corrected chi connectivity index (χ0v) is 8.91. The first kappa shape index (κ1) is 11.8. The quantitative estimate of drug-likeness (QED) is 0.684. The average molecular weight is 216 g/mol. The van der Waals surface area contributed by atoms with E-state index in [2.05, 4.69) is 14.7 Å². The molecule has 0 aliphatic rings. The van der Waals surface area contributed by atoms with Gasteiger partial charge in [0, 0.05) is 24.8 Å². The Morgan fingerprint density at radius 1 is 1.06 bits per heavy atom. The number of hydrogen-bond donors (Lipinski definition) is 0. The van der Waals surface area contributed by atoms with Crippen LogP contribution in [0.4, 0.5) is 0 Å². The molecule has 0 unspecified atom stereocenters. The number of aromatic nitrogens is 2. The minimum atomic E-state index is -0.354. The molecule has 2 aromatic heterocycles. The van der Waals surface area contributed by atoms with Crippen LogP contribution in [0.1, 0.15) is 10.4 Å². The molecular weight excluding hydrogens is 204 g/mol. The number of carbonyl (C=O) groups is 1. The first-order valence-corrected chi connectivity index (χ1v) is 4.68. The van der Waals surface area contributed by atoms with Gasteiger partial charge in [-0.2, -0.15) is 0 Å². The molecule has 0 fully saturated rings. The van der Waals surface area contributed by atoms with E-state index in [1.54, 1.807) is 30.7 Å². The second-order valence-corrected chi connectivity index (χ2v) is 2.76.